The maximum atomic E-state index is 12.6. The van der Waals surface area contributed by atoms with Gasteiger partial charge in [0.05, 0.1) is 12.8 Å². The number of rotatable bonds is 4. The summed E-state index contributed by atoms with van der Waals surface area (Å²) in [6.45, 7) is 3.89. The highest BCUT2D eigenvalue weighted by atomic mass is 16.5. The Morgan fingerprint density at radius 2 is 1.87 bits per heavy atom. The lowest BCUT2D eigenvalue weighted by molar-refractivity contribution is 0.0623. The van der Waals surface area contributed by atoms with Gasteiger partial charge in [0.1, 0.15) is 5.56 Å². The van der Waals surface area contributed by atoms with Crippen LogP contribution in [-0.4, -0.2) is 59.0 Å². The van der Waals surface area contributed by atoms with Crippen molar-refractivity contribution in [2.24, 2.45) is 0 Å². The second-order valence-corrected chi connectivity index (χ2v) is 5.45. The van der Waals surface area contributed by atoms with Crippen LogP contribution in [0.15, 0.2) is 42.7 Å². The molecule has 1 fully saturated rings. The fraction of sp³-hybridized carbons (Fsp3) is 0.353. The Bertz CT molecular complexity index is 655. The molecule has 3 heterocycles. The highest BCUT2D eigenvalue weighted by Gasteiger charge is 2.24. The van der Waals surface area contributed by atoms with Crippen LogP contribution in [0.4, 0.5) is 0 Å². The number of pyridine rings is 2. The van der Waals surface area contributed by atoms with E-state index in [9.17, 15) is 4.79 Å². The highest BCUT2D eigenvalue weighted by molar-refractivity contribution is 5.96. The predicted octanol–water partition coefficient (Wildman–Crippen LogP) is 1.44. The van der Waals surface area contributed by atoms with Crippen LogP contribution in [0.2, 0.25) is 0 Å². The van der Waals surface area contributed by atoms with Crippen LogP contribution in [0.25, 0.3) is 0 Å². The summed E-state index contributed by atoms with van der Waals surface area (Å²) in [5.74, 6) is 0.362. The summed E-state index contributed by atoms with van der Waals surface area (Å²) >= 11 is 0. The largest absolute Gasteiger partial charge is 0.480 e. The highest BCUT2D eigenvalue weighted by Crippen LogP contribution is 2.17. The van der Waals surface area contributed by atoms with Gasteiger partial charge in [-0.05, 0) is 24.3 Å². The number of hydrogen-bond acceptors (Lipinski definition) is 5. The first-order valence-corrected chi connectivity index (χ1v) is 7.68. The first kappa shape index (κ1) is 15.4. The summed E-state index contributed by atoms with van der Waals surface area (Å²) < 4.78 is 5.18. The molecule has 0 N–H and O–H groups in total. The molecule has 0 atom stereocenters. The lowest BCUT2D eigenvalue weighted by Crippen LogP contribution is -2.48. The van der Waals surface area contributed by atoms with Gasteiger partial charge in [-0.25, -0.2) is 4.98 Å². The molecule has 23 heavy (non-hydrogen) atoms. The van der Waals surface area contributed by atoms with E-state index in [-0.39, 0.29) is 5.91 Å². The van der Waals surface area contributed by atoms with Crippen LogP contribution >= 0.6 is 0 Å². The second-order valence-electron chi connectivity index (χ2n) is 5.45. The number of ether oxygens (including phenoxy) is 1. The normalized spacial score (nSPS) is 15.4. The van der Waals surface area contributed by atoms with E-state index in [1.165, 1.54) is 7.11 Å². The number of methoxy groups -OCH3 is 1. The van der Waals surface area contributed by atoms with Crippen molar-refractivity contribution in [2.45, 2.75) is 6.54 Å². The van der Waals surface area contributed by atoms with E-state index in [1.54, 1.807) is 18.3 Å². The molecule has 2 aromatic heterocycles. The van der Waals surface area contributed by atoms with Gasteiger partial charge in [0.15, 0.2) is 0 Å². The number of piperazine rings is 1. The van der Waals surface area contributed by atoms with Crippen molar-refractivity contribution in [3.63, 3.8) is 0 Å². The van der Waals surface area contributed by atoms with Crippen LogP contribution in [0.3, 0.4) is 0 Å². The minimum absolute atomic E-state index is 0.0209. The summed E-state index contributed by atoms with van der Waals surface area (Å²) in [7, 11) is 1.53. The van der Waals surface area contributed by atoms with Gasteiger partial charge in [-0.2, -0.15) is 0 Å². The first-order valence-electron chi connectivity index (χ1n) is 7.68. The third kappa shape index (κ3) is 3.65. The SMILES string of the molecule is COc1ncccc1C(=O)N1CCN(Cc2ccccn2)CC1. The molecule has 0 spiro atoms. The molecule has 120 valence electrons. The van der Waals surface area contributed by atoms with Crippen molar-refractivity contribution < 1.29 is 9.53 Å². The molecular weight excluding hydrogens is 292 g/mol. The van der Waals surface area contributed by atoms with E-state index in [2.05, 4.69) is 14.9 Å². The summed E-state index contributed by atoms with van der Waals surface area (Å²) in [5, 5.41) is 0. The molecule has 2 aromatic rings. The average Bonchev–Trinajstić information content (AvgIpc) is 2.62. The standard InChI is InChI=1S/C17H20N4O2/c1-23-16-15(6-4-8-19-16)17(22)21-11-9-20(10-12-21)13-14-5-2-3-7-18-14/h2-8H,9-13H2,1H3. The van der Waals surface area contributed by atoms with Gasteiger partial charge < -0.3 is 9.64 Å². The molecule has 0 unspecified atom stereocenters. The lowest BCUT2D eigenvalue weighted by atomic mass is 10.2. The number of hydrogen-bond donors (Lipinski definition) is 0. The molecule has 1 aliphatic heterocycles. The van der Waals surface area contributed by atoms with E-state index < -0.39 is 0 Å². The smallest absolute Gasteiger partial charge is 0.259 e. The third-order valence-electron chi connectivity index (χ3n) is 3.97. The van der Waals surface area contributed by atoms with Crippen molar-refractivity contribution >= 4 is 5.91 Å². The Balaban J connectivity index is 1.59. The summed E-state index contributed by atoms with van der Waals surface area (Å²) in [5.41, 5.74) is 1.58. The zero-order valence-corrected chi connectivity index (χ0v) is 13.2. The topological polar surface area (TPSA) is 58.6 Å². The summed E-state index contributed by atoms with van der Waals surface area (Å²) in [6.07, 6.45) is 3.43. The molecule has 0 aromatic carbocycles. The van der Waals surface area contributed by atoms with Crippen LogP contribution < -0.4 is 4.74 Å². The molecular formula is C17H20N4O2. The lowest BCUT2D eigenvalue weighted by Gasteiger charge is -2.34. The zero-order chi connectivity index (χ0) is 16.1. The van der Waals surface area contributed by atoms with Crippen molar-refractivity contribution in [1.29, 1.82) is 0 Å². The Morgan fingerprint density at radius 1 is 1.09 bits per heavy atom. The van der Waals surface area contributed by atoms with Gasteiger partial charge in [0.25, 0.3) is 5.91 Å². The number of nitrogens with zero attached hydrogens (tertiary/aromatic N) is 4. The van der Waals surface area contributed by atoms with E-state index in [1.807, 2.05) is 29.3 Å². The summed E-state index contributed by atoms with van der Waals surface area (Å²) in [6, 6.07) is 9.46. The van der Waals surface area contributed by atoms with Gasteiger partial charge in [0, 0.05) is 45.1 Å². The van der Waals surface area contributed by atoms with Gasteiger partial charge in [0.2, 0.25) is 5.88 Å². The molecule has 3 rings (SSSR count). The fourth-order valence-corrected chi connectivity index (χ4v) is 2.72. The quantitative estimate of drug-likeness (QED) is 0.855. The molecule has 6 nitrogen and oxygen atoms in total. The maximum Gasteiger partial charge on any atom is 0.259 e. The molecule has 1 amide bonds. The predicted molar refractivity (Wildman–Crippen MR) is 86.2 cm³/mol. The van der Waals surface area contributed by atoms with Crippen LogP contribution in [0, 0.1) is 0 Å². The van der Waals surface area contributed by atoms with Crippen LogP contribution in [-0.2, 0) is 6.54 Å². The Kier molecular flexibility index (Phi) is 4.83. The van der Waals surface area contributed by atoms with Gasteiger partial charge in [-0.1, -0.05) is 6.07 Å². The average molecular weight is 312 g/mol. The minimum Gasteiger partial charge on any atom is -0.480 e. The molecule has 1 aliphatic rings. The fourth-order valence-electron chi connectivity index (χ4n) is 2.72. The van der Waals surface area contributed by atoms with Gasteiger partial charge >= 0.3 is 0 Å². The van der Waals surface area contributed by atoms with Gasteiger partial charge in [-0.15, -0.1) is 0 Å². The van der Waals surface area contributed by atoms with Crippen molar-refractivity contribution in [3.05, 3.63) is 54.0 Å². The maximum absolute atomic E-state index is 12.6. The first-order chi connectivity index (χ1) is 11.3. The van der Waals surface area contributed by atoms with Crippen molar-refractivity contribution in [2.75, 3.05) is 33.3 Å². The molecule has 0 saturated carbocycles. The monoisotopic (exact) mass is 312 g/mol. The zero-order valence-electron chi connectivity index (χ0n) is 13.2. The molecule has 6 heteroatoms. The van der Waals surface area contributed by atoms with Crippen molar-refractivity contribution in [3.8, 4) is 5.88 Å². The molecule has 0 aliphatic carbocycles. The molecule has 0 bridgehead atoms. The Hall–Kier alpha value is -2.47. The van der Waals surface area contributed by atoms with E-state index in [0.29, 0.717) is 24.5 Å². The number of aromatic nitrogens is 2. The Morgan fingerprint density at radius 3 is 2.57 bits per heavy atom. The van der Waals surface area contributed by atoms with E-state index >= 15 is 0 Å². The molecule has 1 saturated heterocycles. The van der Waals surface area contributed by atoms with Crippen LogP contribution in [0.5, 0.6) is 5.88 Å². The number of carbonyl (C=O) groups is 1. The minimum atomic E-state index is -0.0209. The van der Waals surface area contributed by atoms with E-state index in [4.69, 9.17) is 4.74 Å². The summed E-state index contributed by atoms with van der Waals surface area (Å²) in [4.78, 5) is 25.2. The van der Waals surface area contributed by atoms with Gasteiger partial charge in [-0.3, -0.25) is 14.7 Å². The molecule has 0 radical (unpaired) electrons. The second kappa shape index (κ2) is 7.19. The number of carbonyl (C=O) groups excluding carboxylic acids is 1. The van der Waals surface area contributed by atoms with Crippen molar-refractivity contribution in [1.82, 2.24) is 19.8 Å². The Labute approximate surface area is 135 Å². The third-order valence-corrected chi connectivity index (χ3v) is 3.97. The van der Waals surface area contributed by atoms with E-state index in [0.717, 1.165) is 25.3 Å². The number of amides is 1. The van der Waals surface area contributed by atoms with Crippen LogP contribution in [0.1, 0.15) is 16.1 Å².